The van der Waals surface area contributed by atoms with Gasteiger partial charge < -0.3 is 14.1 Å². The maximum atomic E-state index is 12.7. The Bertz CT molecular complexity index is 590. The SMILES string of the molecule is COCCN(Cc1ccco1)C(=O)c1ccc(C)c(C)c1. The smallest absolute Gasteiger partial charge is 0.254 e. The lowest BCUT2D eigenvalue weighted by atomic mass is 10.1. The fourth-order valence-corrected chi connectivity index (χ4v) is 2.10. The number of nitrogens with zero attached hydrogens (tertiary/aromatic N) is 1. The first kappa shape index (κ1) is 15.3. The summed E-state index contributed by atoms with van der Waals surface area (Å²) in [6.07, 6.45) is 1.62. The van der Waals surface area contributed by atoms with Crippen molar-refractivity contribution in [2.75, 3.05) is 20.3 Å². The molecule has 0 unspecified atom stereocenters. The number of amides is 1. The minimum Gasteiger partial charge on any atom is -0.467 e. The van der Waals surface area contributed by atoms with Gasteiger partial charge in [0.15, 0.2) is 0 Å². The van der Waals surface area contributed by atoms with Gasteiger partial charge in [-0.3, -0.25) is 4.79 Å². The minimum absolute atomic E-state index is 0.00782. The van der Waals surface area contributed by atoms with Gasteiger partial charge >= 0.3 is 0 Å². The maximum absolute atomic E-state index is 12.7. The molecule has 0 saturated carbocycles. The summed E-state index contributed by atoms with van der Waals surface area (Å²) in [5.74, 6) is 0.759. The van der Waals surface area contributed by atoms with Gasteiger partial charge in [0.25, 0.3) is 5.91 Å². The van der Waals surface area contributed by atoms with Crippen LogP contribution in [0.1, 0.15) is 27.2 Å². The average Bonchev–Trinajstić information content (AvgIpc) is 2.98. The van der Waals surface area contributed by atoms with E-state index >= 15 is 0 Å². The topological polar surface area (TPSA) is 42.7 Å². The summed E-state index contributed by atoms with van der Waals surface area (Å²) >= 11 is 0. The van der Waals surface area contributed by atoms with Gasteiger partial charge in [-0.05, 0) is 49.2 Å². The predicted octanol–water partition coefficient (Wildman–Crippen LogP) is 3.19. The lowest BCUT2D eigenvalue weighted by molar-refractivity contribution is 0.0666. The molecule has 21 heavy (non-hydrogen) atoms. The molecule has 0 N–H and O–H groups in total. The van der Waals surface area contributed by atoms with Crippen LogP contribution in [0.15, 0.2) is 41.0 Å². The van der Waals surface area contributed by atoms with Crippen LogP contribution in [-0.4, -0.2) is 31.1 Å². The zero-order chi connectivity index (χ0) is 15.2. The second kappa shape index (κ2) is 7.09. The van der Waals surface area contributed by atoms with Gasteiger partial charge in [0, 0.05) is 19.2 Å². The summed E-state index contributed by atoms with van der Waals surface area (Å²) in [5, 5.41) is 0. The third-order valence-corrected chi connectivity index (χ3v) is 3.53. The zero-order valence-corrected chi connectivity index (χ0v) is 12.8. The molecule has 0 aliphatic carbocycles. The summed E-state index contributed by atoms with van der Waals surface area (Å²) in [6.45, 7) is 5.52. The Kier molecular flexibility index (Phi) is 5.17. The van der Waals surface area contributed by atoms with Crippen LogP contribution in [0, 0.1) is 13.8 Å². The van der Waals surface area contributed by atoms with Crippen molar-refractivity contribution in [1.82, 2.24) is 4.90 Å². The molecule has 2 aromatic rings. The number of carbonyl (C=O) groups excluding carboxylic acids is 1. The number of furan rings is 1. The van der Waals surface area contributed by atoms with E-state index in [-0.39, 0.29) is 5.91 Å². The number of aryl methyl sites for hydroxylation is 2. The van der Waals surface area contributed by atoms with Crippen molar-refractivity contribution in [3.8, 4) is 0 Å². The molecule has 0 aliphatic rings. The Morgan fingerprint density at radius 2 is 2.05 bits per heavy atom. The first-order chi connectivity index (χ1) is 10.1. The molecule has 1 amide bonds. The Morgan fingerprint density at radius 3 is 2.67 bits per heavy atom. The van der Waals surface area contributed by atoms with Crippen LogP contribution < -0.4 is 0 Å². The predicted molar refractivity (Wildman–Crippen MR) is 81.2 cm³/mol. The molecule has 0 atom stereocenters. The quantitative estimate of drug-likeness (QED) is 0.819. The number of hydrogen-bond donors (Lipinski definition) is 0. The molecule has 0 aliphatic heterocycles. The number of hydrogen-bond acceptors (Lipinski definition) is 3. The lowest BCUT2D eigenvalue weighted by Gasteiger charge is -2.21. The molecule has 0 radical (unpaired) electrons. The molecule has 4 heteroatoms. The standard InChI is InChI=1S/C17H21NO3/c1-13-6-7-15(11-14(13)2)17(19)18(8-10-20-3)12-16-5-4-9-21-16/h4-7,9,11H,8,10,12H2,1-3H3. The van der Waals surface area contributed by atoms with Gasteiger partial charge in [0.1, 0.15) is 5.76 Å². The Labute approximate surface area is 125 Å². The molecule has 0 bridgehead atoms. The van der Waals surface area contributed by atoms with E-state index in [4.69, 9.17) is 9.15 Å². The Hall–Kier alpha value is -2.07. The van der Waals surface area contributed by atoms with Crippen molar-refractivity contribution < 1.29 is 13.9 Å². The van der Waals surface area contributed by atoms with E-state index in [1.165, 1.54) is 5.56 Å². The van der Waals surface area contributed by atoms with E-state index in [0.29, 0.717) is 25.3 Å². The fourth-order valence-electron chi connectivity index (χ4n) is 2.10. The summed E-state index contributed by atoms with van der Waals surface area (Å²) in [7, 11) is 1.63. The van der Waals surface area contributed by atoms with Crippen LogP contribution in [-0.2, 0) is 11.3 Å². The molecular weight excluding hydrogens is 266 g/mol. The van der Waals surface area contributed by atoms with Gasteiger partial charge in [-0.15, -0.1) is 0 Å². The van der Waals surface area contributed by atoms with Crippen molar-refractivity contribution in [3.63, 3.8) is 0 Å². The van der Waals surface area contributed by atoms with Gasteiger partial charge in [-0.25, -0.2) is 0 Å². The van der Waals surface area contributed by atoms with Crippen LogP contribution in [0.5, 0.6) is 0 Å². The molecule has 0 spiro atoms. The Morgan fingerprint density at radius 1 is 1.24 bits per heavy atom. The number of methoxy groups -OCH3 is 1. The zero-order valence-electron chi connectivity index (χ0n) is 12.8. The van der Waals surface area contributed by atoms with Crippen LogP contribution >= 0.6 is 0 Å². The molecule has 2 rings (SSSR count). The van der Waals surface area contributed by atoms with Gasteiger partial charge in [-0.1, -0.05) is 6.07 Å². The number of ether oxygens (including phenoxy) is 1. The molecule has 1 heterocycles. The van der Waals surface area contributed by atoms with E-state index in [2.05, 4.69) is 0 Å². The first-order valence-corrected chi connectivity index (χ1v) is 6.99. The van der Waals surface area contributed by atoms with Crippen molar-refractivity contribution >= 4 is 5.91 Å². The van der Waals surface area contributed by atoms with Crippen molar-refractivity contribution in [2.45, 2.75) is 20.4 Å². The average molecular weight is 287 g/mol. The van der Waals surface area contributed by atoms with Crippen LogP contribution in [0.25, 0.3) is 0 Å². The molecule has 1 aromatic heterocycles. The molecular formula is C17H21NO3. The molecule has 4 nitrogen and oxygen atoms in total. The van der Waals surface area contributed by atoms with Crippen LogP contribution in [0.4, 0.5) is 0 Å². The number of carbonyl (C=O) groups is 1. The van der Waals surface area contributed by atoms with Crippen molar-refractivity contribution in [2.24, 2.45) is 0 Å². The summed E-state index contributed by atoms with van der Waals surface area (Å²) in [5.41, 5.74) is 2.99. The summed E-state index contributed by atoms with van der Waals surface area (Å²) < 4.78 is 10.4. The minimum atomic E-state index is -0.00782. The van der Waals surface area contributed by atoms with E-state index in [0.717, 1.165) is 11.3 Å². The third kappa shape index (κ3) is 3.95. The Balaban J connectivity index is 2.18. The fraction of sp³-hybridized carbons (Fsp3) is 0.353. The van der Waals surface area contributed by atoms with E-state index in [1.807, 2.05) is 44.2 Å². The number of rotatable bonds is 6. The molecule has 0 fully saturated rings. The monoisotopic (exact) mass is 287 g/mol. The molecule has 1 aromatic carbocycles. The van der Waals surface area contributed by atoms with Crippen molar-refractivity contribution in [1.29, 1.82) is 0 Å². The molecule has 0 saturated heterocycles. The van der Waals surface area contributed by atoms with Gasteiger partial charge in [-0.2, -0.15) is 0 Å². The first-order valence-electron chi connectivity index (χ1n) is 6.99. The van der Waals surface area contributed by atoms with Crippen LogP contribution in [0.3, 0.4) is 0 Å². The van der Waals surface area contributed by atoms with Gasteiger partial charge in [0.2, 0.25) is 0 Å². The van der Waals surface area contributed by atoms with Gasteiger partial charge in [0.05, 0.1) is 19.4 Å². The highest BCUT2D eigenvalue weighted by atomic mass is 16.5. The second-order valence-electron chi connectivity index (χ2n) is 5.10. The highest BCUT2D eigenvalue weighted by Crippen LogP contribution is 2.14. The highest BCUT2D eigenvalue weighted by molar-refractivity contribution is 5.94. The molecule has 112 valence electrons. The normalized spacial score (nSPS) is 10.6. The highest BCUT2D eigenvalue weighted by Gasteiger charge is 2.17. The van der Waals surface area contributed by atoms with E-state index < -0.39 is 0 Å². The van der Waals surface area contributed by atoms with Crippen LogP contribution in [0.2, 0.25) is 0 Å². The summed E-state index contributed by atoms with van der Waals surface area (Å²) in [6, 6.07) is 9.47. The summed E-state index contributed by atoms with van der Waals surface area (Å²) in [4.78, 5) is 14.4. The second-order valence-corrected chi connectivity index (χ2v) is 5.10. The number of benzene rings is 1. The maximum Gasteiger partial charge on any atom is 0.254 e. The van der Waals surface area contributed by atoms with Crippen molar-refractivity contribution in [3.05, 3.63) is 59.0 Å². The third-order valence-electron chi connectivity index (χ3n) is 3.53. The largest absolute Gasteiger partial charge is 0.467 e. The van der Waals surface area contributed by atoms with E-state index in [1.54, 1.807) is 18.3 Å². The lowest BCUT2D eigenvalue weighted by Crippen LogP contribution is -2.33. The van der Waals surface area contributed by atoms with E-state index in [9.17, 15) is 4.79 Å².